The zero-order valence-electron chi connectivity index (χ0n) is 31.2. The van der Waals surface area contributed by atoms with Crippen LogP contribution in [0.1, 0.15) is 73.9 Å². The predicted octanol–water partition coefficient (Wildman–Crippen LogP) is 9.45. The van der Waals surface area contributed by atoms with Crippen LogP contribution in [0.15, 0.2) is 109 Å². The van der Waals surface area contributed by atoms with Gasteiger partial charge in [-0.3, -0.25) is 4.79 Å². The van der Waals surface area contributed by atoms with Crippen molar-refractivity contribution in [3.63, 3.8) is 0 Å². The molecule has 268 valence electrons. The molecule has 1 aliphatic heterocycles. The van der Waals surface area contributed by atoms with Crippen LogP contribution in [0.25, 0.3) is 21.0 Å². The Hall–Kier alpha value is -5.27. The Morgan fingerprint density at radius 2 is 1.04 bits per heavy atom. The summed E-state index contributed by atoms with van der Waals surface area (Å²) in [6, 6.07) is 38.1. The van der Waals surface area contributed by atoms with E-state index in [9.17, 15) is 9.59 Å². The maximum atomic E-state index is 12.4. The molecule has 0 amide bonds. The first-order chi connectivity index (χ1) is 25.0. The molecule has 1 heterocycles. The summed E-state index contributed by atoms with van der Waals surface area (Å²) in [7, 11) is -0.536. The molecule has 0 fully saturated rings. The number of rotatable bonds is 9. The lowest BCUT2D eigenvalue weighted by Gasteiger charge is -2.34. The van der Waals surface area contributed by atoms with Gasteiger partial charge in [-0.2, -0.15) is 10.0 Å². The fourth-order valence-corrected chi connectivity index (χ4v) is 9.06. The first-order valence-corrected chi connectivity index (χ1v) is 19.7. The summed E-state index contributed by atoms with van der Waals surface area (Å²) in [5, 5.41) is 7.00. The molecular formula is C46H48O5S. The van der Waals surface area contributed by atoms with Gasteiger partial charge >= 0.3 is 11.9 Å². The second kappa shape index (κ2) is 18.3. The fraction of sp³-hybridized carbons (Fsp3) is 0.261. The van der Waals surface area contributed by atoms with Crippen molar-refractivity contribution >= 4 is 42.9 Å². The highest BCUT2D eigenvalue weighted by Crippen LogP contribution is 2.74. The van der Waals surface area contributed by atoms with Crippen LogP contribution < -0.4 is 0 Å². The van der Waals surface area contributed by atoms with Crippen LogP contribution in [0.4, 0.5) is 0 Å². The number of hydrogen-bond donors (Lipinski definition) is 1. The van der Waals surface area contributed by atoms with Crippen LogP contribution >= 0.6 is 10.0 Å². The molecule has 5 nitrogen and oxygen atoms in total. The second-order valence-electron chi connectivity index (χ2n) is 13.5. The average molecular weight is 713 g/mol. The fourth-order valence-electron chi connectivity index (χ4n) is 5.94. The number of aliphatic hydroxyl groups is 1. The summed E-state index contributed by atoms with van der Waals surface area (Å²) in [5.74, 6) is 11.0. The van der Waals surface area contributed by atoms with Gasteiger partial charge < -0.3 is 14.6 Å². The van der Waals surface area contributed by atoms with Gasteiger partial charge in [-0.1, -0.05) is 96.8 Å². The molecular weight excluding hydrogens is 665 g/mol. The third-order valence-corrected chi connectivity index (χ3v) is 11.3. The number of esters is 2. The number of aliphatic hydroxyl groups excluding tert-OH is 1. The summed E-state index contributed by atoms with van der Waals surface area (Å²) in [5.41, 5.74) is 8.36. The van der Waals surface area contributed by atoms with E-state index >= 15 is 0 Å². The highest BCUT2D eigenvalue weighted by Gasteiger charge is 2.39. The molecule has 0 saturated carbocycles. The van der Waals surface area contributed by atoms with Crippen molar-refractivity contribution in [1.82, 2.24) is 0 Å². The third-order valence-electron chi connectivity index (χ3n) is 8.34. The van der Waals surface area contributed by atoms with Gasteiger partial charge in [0.2, 0.25) is 0 Å². The minimum atomic E-state index is -1.54. The molecule has 0 unspecified atom stereocenters. The standard InChI is InChI=1S/C45H44O4S.CH4O/c1-7-16-33-21-26-37(27-22-33)42-40(35-17-10-8-11-18-35)41(36-19-12-9-13-20-36)43(50(42,5)6)38-28-23-34(24-29-38)25-30-39(46)48-31-14-15-32-49-44(47)45(2,3)4;1-2/h8-13,17-24,26-29H,14-15,31-32H2,1-6H3;2H,1H3. The first kappa shape index (κ1) is 39.5. The lowest BCUT2D eigenvalue weighted by Crippen LogP contribution is -2.23. The number of carbonyl (C=O) groups excluding carboxylic acids is 2. The molecule has 1 N–H and O–H groups in total. The normalized spacial score (nSPS) is 13.8. The van der Waals surface area contributed by atoms with Gasteiger partial charge in [0.1, 0.15) is 0 Å². The molecule has 1 aliphatic rings. The molecule has 0 bridgehead atoms. The summed E-state index contributed by atoms with van der Waals surface area (Å²) in [6.45, 7) is 7.84. The van der Waals surface area contributed by atoms with Gasteiger partial charge in [0.25, 0.3) is 0 Å². The molecule has 5 rings (SSSR count). The van der Waals surface area contributed by atoms with E-state index in [1.807, 2.05) is 39.8 Å². The summed E-state index contributed by atoms with van der Waals surface area (Å²) < 4.78 is 10.6. The van der Waals surface area contributed by atoms with Gasteiger partial charge in [0.05, 0.1) is 18.6 Å². The lowest BCUT2D eigenvalue weighted by atomic mass is 9.89. The van der Waals surface area contributed by atoms with Crippen molar-refractivity contribution in [1.29, 1.82) is 0 Å². The second-order valence-corrected chi connectivity index (χ2v) is 16.9. The molecule has 0 saturated heterocycles. The molecule has 6 heteroatoms. The van der Waals surface area contributed by atoms with E-state index in [0.29, 0.717) is 19.4 Å². The van der Waals surface area contributed by atoms with E-state index in [4.69, 9.17) is 14.6 Å². The molecule has 4 aromatic rings. The Kier molecular flexibility index (Phi) is 13.9. The Balaban J connectivity index is 0.00000297. The molecule has 0 radical (unpaired) electrons. The topological polar surface area (TPSA) is 72.8 Å². The van der Waals surface area contributed by atoms with E-state index in [2.05, 4.69) is 133 Å². The van der Waals surface area contributed by atoms with Crippen LogP contribution in [-0.2, 0) is 19.1 Å². The molecule has 4 aromatic carbocycles. The molecule has 0 aromatic heterocycles. The van der Waals surface area contributed by atoms with Crippen LogP contribution in [0.2, 0.25) is 0 Å². The number of carbonyl (C=O) groups is 2. The minimum Gasteiger partial charge on any atom is -0.465 e. The zero-order chi connectivity index (χ0) is 37.7. The van der Waals surface area contributed by atoms with E-state index in [0.717, 1.165) is 23.8 Å². The number of benzene rings is 4. The third kappa shape index (κ3) is 9.74. The van der Waals surface area contributed by atoms with Gasteiger partial charge in [-0.05, 0) is 99.6 Å². The number of unbranched alkanes of at least 4 members (excludes halogenated alkanes) is 1. The molecule has 52 heavy (non-hydrogen) atoms. The molecule has 0 spiro atoms. The van der Waals surface area contributed by atoms with Gasteiger partial charge in [-0.15, -0.1) is 5.92 Å². The highest BCUT2D eigenvalue weighted by atomic mass is 32.3. The van der Waals surface area contributed by atoms with Crippen molar-refractivity contribution in [3.8, 4) is 23.7 Å². The Morgan fingerprint density at radius 3 is 1.46 bits per heavy atom. The Labute approximate surface area is 311 Å². The van der Waals surface area contributed by atoms with Crippen molar-refractivity contribution in [2.24, 2.45) is 5.41 Å². The quantitative estimate of drug-likeness (QED) is 0.106. The van der Waals surface area contributed by atoms with E-state index in [-0.39, 0.29) is 12.6 Å². The van der Waals surface area contributed by atoms with Crippen molar-refractivity contribution in [2.45, 2.75) is 40.5 Å². The van der Waals surface area contributed by atoms with Crippen molar-refractivity contribution in [2.75, 3.05) is 32.8 Å². The summed E-state index contributed by atoms with van der Waals surface area (Å²) in [6.07, 6.45) is 5.97. The van der Waals surface area contributed by atoms with Crippen LogP contribution in [0.5, 0.6) is 0 Å². The SMILES string of the molecule is CC#Cc1ccc(C2=C(c3ccccc3)C(c3ccccc3)=C(c3ccc(C#CC(=O)OCCCCOC(=O)C(C)(C)C)cc3)S2(C)C)cc1.CO. The smallest absolute Gasteiger partial charge is 0.384 e. The van der Waals surface area contributed by atoms with E-state index in [1.54, 1.807) is 0 Å². The predicted molar refractivity (Wildman–Crippen MR) is 217 cm³/mol. The van der Waals surface area contributed by atoms with Crippen LogP contribution in [0.3, 0.4) is 0 Å². The summed E-state index contributed by atoms with van der Waals surface area (Å²) in [4.78, 5) is 26.9. The summed E-state index contributed by atoms with van der Waals surface area (Å²) >= 11 is 0. The Morgan fingerprint density at radius 1 is 0.615 bits per heavy atom. The molecule has 0 atom stereocenters. The van der Waals surface area contributed by atoms with E-state index in [1.165, 1.54) is 37.6 Å². The average Bonchev–Trinajstić information content (AvgIpc) is 3.40. The number of ether oxygens (including phenoxy) is 2. The van der Waals surface area contributed by atoms with E-state index < -0.39 is 21.4 Å². The minimum absolute atomic E-state index is 0.224. The van der Waals surface area contributed by atoms with Crippen LogP contribution in [-0.4, -0.2) is 49.9 Å². The Bertz CT molecular complexity index is 2030. The number of allylic oxidation sites excluding steroid dienone is 2. The van der Waals surface area contributed by atoms with Gasteiger partial charge in [-0.25, -0.2) is 4.79 Å². The maximum Gasteiger partial charge on any atom is 0.384 e. The number of hydrogen-bond acceptors (Lipinski definition) is 5. The van der Waals surface area contributed by atoms with Crippen LogP contribution in [0, 0.1) is 29.1 Å². The maximum absolute atomic E-state index is 12.4. The monoisotopic (exact) mass is 712 g/mol. The van der Waals surface area contributed by atoms with Gasteiger partial charge in [0.15, 0.2) is 0 Å². The molecule has 0 aliphatic carbocycles. The van der Waals surface area contributed by atoms with Crippen molar-refractivity contribution < 1.29 is 24.2 Å². The highest BCUT2D eigenvalue weighted by molar-refractivity contribution is 8.47. The zero-order valence-corrected chi connectivity index (χ0v) is 32.0. The lowest BCUT2D eigenvalue weighted by molar-refractivity contribution is -0.153. The largest absolute Gasteiger partial charge is 0.465 e. The first-order valence-electron chi connectivity index (χ1n) is 17.3. The van der Waals surface area contributed by atoms with Gasteiger partial charge in [0, 0.05) is 45.1 Å². The van der Waals surface area contributed by atoms with Crippen molar-refractivity contribution in [3.05, 3.63) is 143 Å².